The molecule has 0 unspecified atom stereocenters. The minimum atomic E-state index is 0.277. The Bertz CT molecular complexity index is 1390. The minimum absolute atomic E-state index is 0.277. The Labute approximate surface area is 157 Å². The first kappa shape index (κ1) is 15.7. The largest absolute Gasteiger partial charge is 0.497 e. The Morgan fingerprint density at radius 2 is 2.07 bits per heavy atom. The number of hydrogen-bond donors (Lipinski definition) is 1. The van der Waals surface area contributed by atoms with Gasteiger partial charge in [0.25, 0.3) is 0 Å². The van der Waals surface area contributed by atoms with E-state index in [1.807, 2.05) is 52.9 Å². The van der Waals surface area contributed by atoms with Gasteiger partial charge in [-0.2, -0.15) is 5.10 Å². The van der Waals surface area contributed by atoms with E-state index in [4.69, 9.17) is 10.1 Å². The number of para-hydroxylation sites is 2. The molecule has 3 heterocycles. The summed E-state index contributed by atoms with van der Waals surface area (Å²) in [5.41, 5.74) is 3.80. The smallest absolute Gasteiger partial charge is 0.197 e. The van der Waals surface area contributed by atoms with Crippen LogP contribution < -0.4 is 10.2 Å². The molecule has 0 spiro atoms. The molecule has 7 nitrogen and oxygen atoms in total. The number of hydrogen-bond acceptors (Lipinski definition) is 6. The van der Waals surface area contributed by atoms with Crippen LogP contribution in [0.2, 0.25) is 0 Å². The van der Waals surface area contributed by atoms with Crippen molar-refractivity contribution in [3.63, 3.8) is 0 Å². The van der Waals surface area contributed by atoms with Crippen molar-refractivity contribution < 1.29 is 4.74 Å². The highest BCUT2D eigenvalue weighted by molar-refractivity contribution is 7.23. The Hall–Kier alpha value is -3.52. The van der Waals surface area contributed by atoms with Crippen LogP contribution in [0.3, 0.4) is 0 Å². The predicted octanol–water partition coefficient (Wildman–Crippen LogP) is 3.27. The molecule has 2 aromatic carbocycles. The first-order valence-electron chi connectivity index (χ1n) is 8.25. The predicted molar refractivity (Wildman–Crippen MR) is 106 cm³/mol. The lowest BCUT2D eigenvalue weighted by Gasteiger charge is -2.01. The second-order valence-corrected chi connectivity index (χ2v) is 6.91. The molecule has 0 bridgehead atoms. The van der Waals surface area contributed by atoms with Crippen molar-refractivity contribution in [2.45, 2.75) is 0 Å². The van der Waals surface area contributed by atoms with Crippen LogP contribution >= 0.6 is 11.3 Å². The third kappa shape index (κ3) is 2.49. The van der Waals surface area contributed by atoms with Crippen LogP contribution in [0, 0.1) is 5.41 Å². The summed E-state index contributed by atoms with van der Waals surface area (Å²) in [6, 6.07) is 15.5. The molecule has 0 saturated carbocycles. The van der Waals surface area contributed by atoms with Gasteiger partial charge in [-0.3, -0.25) is 9.81 Å². The molecule has 0 aliphatic heterocycles. The van der Waals surface area contributed by atoms with Gasteiger partial charge in [0.2, 0.25) is 0 Å². The molecular weight excluding hydrogens is 360 g/mol. The number of aromatic nitrogens is 4. The molecule has 0 aliphatic carbocycles. The van der Waals surface area contributed by atoms with E-state index in [9.17, 15) is 0 Å². The van der Waals surface area contributed by atoms with E-state index in [0.29, 0.717) is 0 Å². The normalized spacial score (nSPS) is 11.9. The summed E-state index contributed by atoms with van der Waals surface area (Å²) in [5, 5.41) is 12.9. The zero-order valence-corrected chi connectivity index (χ0v) is 15.1. The van der Waals surface area contributed by atoms with Gasteiger partial charge in [0, 0.05) is 0 Å². The van der Waals surface area contributed by atoms with E-state index in [-0.39, 0.29) is 5.49 Å². The summed E-state index contributed by atoms with van der Waals surface area (Å²) in [7, 11) is 1.63. The maximum Gasteiger partial charge on any atom is 0.197 e. The molecule has 0 aliphatic rings. The van der Waals surface area contributed by atoms with Gasteiger partial charge < -0.3 is 4.74 Å². The van der Waals surface area contributed by atoms with Crippen molar-refractivity contribution in [1.82, 2.24) is 19.0 Å². The Morgan fingerprint density at radius 1 is 1.19 bits per heavy atom. The fraction of sp³-hybridized carbons (Fsp3) is 0.0526. The topological polar surface area (TPSA) is 80.6 Å². The second-order valence-electron chi connectivity index (χ2n) is 5.93. The van der Waals surface area contributed by atoms with Crippen molar-refractivity contribution in [3.8, 4) is 5.75 Å². The van der Waals surface area contributed by atoms with Crippen molar-refractivity contribution >= 4 is 43.9 Å². The van der Waals surface area contributed by atoms with E-state index in [1.165, 1.54) is 16.0 Å². The molecule has 0 radical (unpaired) electrons. The highest BCUT2D eigenvalue weighted by Crippen LogP contribution is 2.26. The number of fused-ring (bicyclic) bond motifs is 5. The van der Waals surface area contributed by atoms with Crippen LogP contribution in [-0.2, 0) is 0 Å². The van der Waals surface area contributed by atoms with Gasteiger partial charge in [0.15, 0.2) is 16.1 Å². The highest BCUT2D eigenvalue weighted by atomic mass is 32.1. The van der Waals surface area contributed by atoms with E-state index < -0.39 is 0 Å². The molecule has 27 heavy (non-hydrogen) atoms. The van der Waals surface area contributed by atoms with Gasteiger partial charge in [-0.25, -0.2) is 14.6 Å². The van der Waals surface area contributed by atoms with Crippen LogP contribution in [0.15, 0.2) is 60.0 Å². The zero-order valence-electron chi connectivity index (χ0n) is 14.3. The van der Waals surface area contributed by atoms with E-state index in [2.05, 4.69) is 15.1 Å². The van der Waals surface area contributed by atoms with Crippen LogP contribution in [0.1, 0.15) is 5.56 Å². The first-order valence-corrected chi connectivity index (χ1v) is 9.06. The molecule has 0 amide bonds. The lowest BCUT2D eigenvalue weighted by atomic mass is 10.2. The minimum Gasteiger partial charge on any atom is -0.497 e. The van der Waals surface area contributed by atoms with Gasteiger partial charge in [0.1, 0.15) is 16.8 Å². The fourth-order valence-electron chi connectivity index (χ4n) is 3.00. The maximum atomic E-state index is 8.52. The van der Waals surface area contributed by atoms with Crippen LogP contribution in [0.25, 0.3) is 26.3 Å². The Balaban J connectivity index is 1.64. The van der Waals surface area contributed by atoms with Crippen molar-refractivity contribution in [2.75, 3.05) is 7.11 Å². The quantitative estimate of drug-likeness (QED) is 0.492. The Morgan fingerprint density at radius 3 is 2.96 bits per heavy atom. The number of rotatable bonds is 3. The molecule has 132 valence electrons. The zero-order chi connectivity index (χ0) is 18.4. The molecule has 0 fully saturated rings. The summed E-state index contributed by atoms with van der Waals surface area (Å²) in [4.78, 5) is 9.99. The molecule has 3 aromatic heterocycles. The standard InChI is InChI=1S/C19H14N6OS/c1-26-13-6-4-5-12(9-13)10-22-24-11-21-18-16(17(24)20)27-19-23-14-7-2-3-8-15(14)25(18)19/h2-11,20H,1H3/b20-17?,22-10-. The molecule has 0 atom stereocenters. The van der Waals surface area contributed by atoms with Crippen LogP contribution in [0.4, 0.5) is 0 Å². The van der Waals surface area contributed by atoms with Crippen LogP contribution in [-0.4, -0.2) is 32.4 Å². The first-order chi connectivity index (χ1) is 13.2. The SMILES string of the molecule is COc1cccc(/C=N\n2cnc3c(sc4nc5ccccc5n43)c2=N)c1. The number of nitrogens with zero attached hydrogens (tertiary/aromatic N) is 5. The molecule has 8 heteroatoms. The molecule has 5 rings (SSSR count). The average molecular weight is 374 g/mol. The third-order valence-electron chi connectivity index (χ3n) is 4.30. The molecule has 5 aromatic rings. The van der Waals surface area contributed by atoms with Crippen molar-refractivity contribution in [3.05, 3.63) is 65.9 Å². The number of methoxy groups -OCH3 is 1. The molecule has 1 N–H and O–H groups in total. The Kier molecular flexibility index (Phi) is 3.51. The van der Waals surface area contributed by atoms with Gasteiger partial charge in [-0.05, 0) is 29.8 Å². The van der Waals surface area contributed by atoms with Gasteiger partial charge >= 0.3 is 0 Å². The maximum absolute atomic E-state index is 8.52. The summed E-state index contributed by atoms with van der Waals surface area (Å²) >= 11 is 1.44. The van der Waals surface area contributed by atoms with Crippen LogP contribution in [0.5, 0.6) is 5.75 Å². The van der Waals surface area contributed by atoms with Gasteiger partial charge in [0.05, 0.1) is 24.4 Å². The number of thiazole rings is 1. The van der Waals surface area contributed by atoms with Gasteiger partial charge in [-0.15, -0.1) is 0 Å². The van der Waals surface area contributed by atoms with Gasteiger partial charge in [-0.1, -0.05) is 35.6 Å². The number of benzene rings is 2. The molecular formula is C19H14N6OS. The van der Waals surface area contributed by atoms with E-state index in [1.54, 1.807) is 19.7 Å². The summed E-state index contributed by atoms with van der Waals surface area (Å²) < 4.78 is 9.41. The van der Waals surface area contributed by atoms with E-state index >= 15 is 0 Å². The second kappa shape index (κ2) is 6.03. The number of nitrogens with one attached hydrogen (secondary N) is 1. The summed E-state index contributed by atoms with van der Waals surface area (Å²) in [6.45, 7) is 0. The number of imidazole rings is 1. The lowest BCUT2D eigenvalue weighted by Crippen LogP contribution is -2.16. The fourth-order valence-corrected chi connectivity index (χ4v) is 4.02. The van der Waals surface area contributed by atoms with Crippen molar-refractivity contribution in [2.24, 2.45) is 5.10 Å². The van der Waals surface area contributed by atoms with Crippen molar-refractivity contribution in [1.29, 1.82) is 5.41 Å². The summed E-state index contributed by atoms with van der Waals surface area (Å²) in [6.07, 6.45) is 3.24. The molecule has 0 saturated heterocycles. The number of ether oxygens (including phenoxy) is 1. The lowest BCUT2D eigenvalue weighted by molar-refractivity contribution is 0.414. The average Bonchev–Trinajstić information content (AvgIpc) is 3.24. The highest BCUT2D eigenvalue weighted by Gasteiger charge is 2.14. The summed E-state index contributed by atoms with van der Waals surface area (Å²) in [5.74, 6) is 0.759. The monoisotopic (exact) mass is 374 g/mol. The third-order valence-corrected chi connectivity index (χ3v) is 5.33. The van der Waals surface area contributed by atoms with E-state index in [0.717, 1.165) is 37.7 Å².